The average molecular weight is 586 g/mol. The predicted molar refractivity (Wildman–Crippen MR) is 131 cm³/mol. The first-order valence-electron chi connectivity index (χ1n) is 12.4. The summed E-state index contributed by atoms with van der Waals surface area (Å²) in [6.45, 7) is 1.50. The van der Waals surface area contributed by atoms with Crippen molar-refractivity contribution >= 4 is 11.8 Å². The lowest BCUT2D eigenvalue weighted by molar-refractivity contribution is -0.274. The van der Waals surface area contributed by atoms with Gasteiger partial charge in [-0.05, 0) is 40.6 Å². The molecule has 220 valence electrons. The van der Waals surface area contributed by atoms with E-state index in [9.17, 15) is 35.9 Å². The van der Waals surface area contributed by atoms with Gasteiger partial charge in [0, 0.05) is 44.1 Å². The summed E-state index contributed by atoms with van der Waals surface area (Å²) in [5.74, 6) is -2.96. The first kappa shape index (κ1) is 29.8. The Hall–Kier alpha value is -4.21. The molecule has 4 rings (SSSR count). The fourth-order valence-electron chi connectivity index (χ4n) is 4.61. The van der Waals surface area contributed by atoms with Crippen LogP contribution in [-0.4, -0.2) is 69.0 Å². The molecule has 3 aromatic rings. The maximum absolute atomic E-state index is 13.3. The molecule has 1 saturated heterocycles. The van der Waals surface area contributed by atoms with Crippen molar-refractivity contribution in [2.45, 2.75) is 44.4 Å². The summed E-state index contributed by atoms with van der Waals surface area (Å²) in [7, 11) is 0. The van der Waals surface area contributed by atoms with Gasteiger partial charge in [0.1, 0.15) is 5.75 Å². The Morgan fingerprint density at radius 3 is 2.46 bits per heavy atom. The third kappa shape index (κ3) is 7.71. The minimum atomic E-state index is -5.05. The quantitative estimate of drug-likeness (QED) is 0.391. The second kappa shape index (κ2) is 12.1. The highest BCUT2D eigenvalue weighted by atomic mass is 19.4. The van der Waals surface area contributed by atoms with E-state index in [2.05, 4.69) is 30.9 Å². The van der Waals surface area contributed by atoms with Crippen molar-refractivity contribution in [2.24, 2.45) is 0 Å². The average Bonchev–Trinajstić information content (AvgIpc) is 3.42. The first-order valence-corrected chi connectivity index (χ1v) is 12.4. The van der Waals surface area contributed by atoms with E-state index in [-0.39, 0.29) is 54.7 Å². The highest BCUT2D eigenvalue weighted by molar-refractivity contribution is 5.83. The predicted octanol–water partition coefficient (Wildman–Crippen LogP) is 3.19. The number of likely N-dealkylation sites (tertiary alicyclic amines) is 1. The summed E-state index contributed by atoms with van der Waals surface area (Å²) >= 11 is 0. The lowest BCUT2D eigenvalue weighted by Gasteiger charge is -2.39. The van der Waals surface area contributed by atoms with Crippen LogP contribution in [0.15, 0.2) is 48.5 Å². The van der Waals surface area contributed by atoms with Crippen LogP contribution in [-0.2, 0) is 22.3 Å². The van der Waals surface area contributed by atoms with Gasteiger partial charge in [-0.15, -0.1) is 18.3 Å². The lowest BCUT2D eigenvalue weighted by atomic mass is 9.85. The van der Waals surface area contributed by atoms with Gasteiger partial charge >= 0.3 is 12.5 Å². The van der Waals surface area contributed by atoms with E-state index in [1.54, 1.807) is 4.90 Å². The van der Waals surface area contributed by atoms with Crippen LogP contribution in [0.4, 0.5) is 26.3 Å². The highest BCUT2D eigenvalue weighted by Crippen LogP contribution is 2.33. The van der Waals surface area contributed by atoms with E-state index < -0.39 is 24.1 Å². The molecule has 0 saturated carbocycles. The largest absolute Gasteiger partial charge is 0.573 e. The topological polar surface area (TPSA) is 114 Å². The Bertz CT molecular complexity index is 1360. The molecule has 16 heteroatoms. The van der Waals surface area contributed by atoms with Gasteiger partial charge in [-0.3, -0.25) is 9.59 Å². The number of tetrazole rings is 1. The molecule has 10 nitrogen and oxygen atoms in total. The summed E-state index contributed by atoms with van der Waals surface area (Å²) in [4.78, 5) is 25.5. The molecular weight excluding hydrogens is 560 g/mol. The van der Waals surface area contributed by atoms with Gasteiger partial charge < -0.3 is 20.3 Å². The molecule has 41 heavy (non-hydrogen) atoms. The van der Waals surface area contributed by atoms with E-state index >= 15 is 0 Å². The lowest BCUT2D eigenvalue weighted by Crippen LogP contribution is -2.51. The van der Waals surface area contributed by atoms with Crippen LogP contribution >= 0.6 is 0 Å². The Labute approximate surface area is 229 Å². The number of halogens is 6. The fraction of sp³-hybridized carbons (Fsp3) is 0.400. The number of rotatable bonds is 8. The van der Waals surface area contributed by atoms with E-state index in [0.29, 0.717) is 17.6 Å². The summed E-state index contributed by atoms with van der Waals surface area (Å²) in [6, 6.07) is 11.8. The van der Waals surface area contributed by atoms with E-state index in [1.165, 1.54) is 6.92 Å². The summed E-state index contributed by atoms with van der Waals surface area (Å²) < 4.78 is 83.9. The van der Waals surface area contributed by atoms with E-state index in [0.717, 1.165) is 23.8 Å². The van der Waals surface area contributed by atoms with Gasteiger partial charge in [0.2, 0.25) is 11.8 Å². The second-order valence-electron chi connectivity index (χ2n) is 9.29. The number of benzene rings is 2. The van der Waals surface area contributed by atoms with Gasteiger partial charge in [0.25, 0.3) is 5.82 Å². The number of carbonyl (C=O) groups is 2. The Morgan fingerprint density at radius 2 is 1.80 bits per heavy atom. The van der Waals surface area contributed by atoms with Crippen molar-refractivity contribution in [3.8, 4) is 11.4 Å². The molecule has 1 aliphatic heterocycles. The van der Waals surface area contributed by atoms with Crippen molar-refractivity contribution in [1.82, 2.24) is 35.7 Å². The molecule has 0 spiro atoms. The van der Waals surface area contributed by atoms with Crippen LogP contribution in [0.1, 0.15) is 36.2 Å². The number of hydrogen-bond acceptors (Lipinski definition) is 7. The van der Waals surface area contributed by atoms with Gasteiger partial charge in [-0.25, -0.2) is 0 Å². The number of nitrogens with zero attached hydrogens (tertiary/aromatic N) is 5. The van der Waals surface area contributed by atoms with Gasteiger partial charge in [-0.1, -0.05) is 30.3 Å². The number of hydrogen-bond donors (Lipinski definition) is 2. The highest BCUT2D eigenvalue weighted by Gasteiger charge is 2.39. The SMILES string of the molecule is CC(=O)NCC(=O)N1CCC(NCc2cc(-n3nnnc3C(F)(F)F)ccc2OC(F)(F)F)C(c2ccccc2)C1. The van der Waals surface area contributed by atoms with Gasteiger partial charge in [-0.2, -0.15) is 17.9 Å². The number of alkyl halides is 6. The van der Waals surface area contributed by atoms with Crippen molar-refractivity contribution < 1.29 is 40.7 Å². The van der Waals surface area contributed by atoms with Crippen molar-refractivity contribution in [2.75, 3.05) is 19.6 Å². The molecule has 2 aromatic carbocycles. The standard InChI is InChI=1S/C25H25F6N7O3/c1-15(39)32-13-22(40)37-10-9-20(19(14-37)16-5-3-2-4-6-16)33-12-17-11-18(7-8-21(17)41-25(29,30)31)38-23(24(26,27)28)34-35-36-38/h2-8,11,19-20,33H,9-10,12-14H2,1H3,(H,32,39). The Balaban J connectivity index is 1.60. The molecule has 2 unspecified atom stereocenters. The Kier molecular flexibility index (Phi) is 8.80. The van der Waals surface area contributed by atoms with E-state index in [4.69, 9.17) is 0 Å². The van der Waals surface area contributed by atoms with Crippen LogP contribution in [0.25, 0.3) is 5.69 Å². The maximum atomic E-state index is 13.3. The fourth-order valence-corrected chi connectivity index (χ4v) is 4.61. The zero-order chi connectivity index (χ0) is 29.8. The van der Waals surface area contributed by atoms with Crippen LogP contribution in [0.5, 0.6) is 5.75 Å². The molecule has 2 amide bonds. The number of ether oxygens (including phenoxy) is 1. The molecule has 1 aliphatic rings. The van der Waals surface area contributed by atoms with Crippen molar-refractivity contribution in [3.63, 3.8) is 0 Å². The Morgan fingerprint density at radius 1 is 1.07 bits per heavy atom. The third-order valence-electron chi connectivity index (χ3n) is 6.47. The number of piperidine rings is 1. The molecule has 2 heterocycles. The number of nitrogens with one attached hydrogen (secondary N) is 2. The molecule has 0 aliphatic carbocycles. The molecule has 0 radical (unpaired) electrons. The van der Waals surface area contributed by atoms with Crippen LogP contribution in [0.2, 0.25) is 0 Å². The smallest absolute Gasteiger partial charge is 0.405 e. The minimum Gasteiger partial charge on any atom is -0.405 e. The van der Waals surface area contributed by atoms with Crippen molar-refractivity contribution in [1.29, 1.82) is 0 Å². The molecule has 0 bridgehead atoms. The van der Waals surface area contributed by atoms with Crippen molar-refractivity contribution in [3.05, 3.63) is 65.5 Å². The summed E-state index contributed by atoms with van der Waals surface area (Å²) in [5.41, 5.74) is 0.567. The number of aromatic nitrogens is 4. The third-order valence-corrected chi connectivity index (χ3v) is 6.47. The molecule has 2 atom stereocenters. The maximum Gasteiger partial charge on any atom is 0.573 e. The summed E-state index contributed by atoms with van der Waals surface area (Å²) in [6.07, 6.45) is -9.54. The number of amides is 2. The zero-order valence-corrected chi connectivity index (χ0v) is 21.5. The summed E-state index contributed by atoms with van der Waals surface area (Å²) in [5, 5.41) is 15.0. The first-order chi connectivity index (χ1) is 19.3. The van der Waals surface area contributed by atoms with Crippen LogP contribution in [0, 0.1) is 0 Å². The molecule has 1 aromatic heterocycles. The zero-order valence-electron chi connectivity index (χ0n) is 21.5. The van der Waals surface area contributed by atoms with E-state index in [1.807, 2.05) is 30.3 Å². The minimum absolute atomic E-state index is 0.0839. The van der Waals surface area contributed by atoms with Crippen LogP contribution in [0.3, 0.4) is 0 Å². The molecule has 1 fully saturated rings. The van der Waals surface area contributed by atoms with Gasteiger partial charge in [0.15, 0.2) is 0 Å². The molecule has 2 N–H and O–H groups in total. The second-order valence-corrected chi connectivity index (χ2v) is 9.29. The monoisotopic (exact) mass is 585 g/mol. The van der Waals surface area contributed by atoms with Crippen LogP contribution < -0.4 is 15.4 Å². The van der Waals surface area contributed by atoms with Gasteiger partial charge in [0.05, 0.1) is 12.2 Å². The molecular formula is C25H25F6N7O3. The normalized spacial score (nSPS) is 17.8. The number of carbonyl (C=O) groups excluding carboxylic acids is 2.